The van der Waals surface area contributed by atoms with Gasteiger partial charge in [0.05, 0.1) is 17.2 Å². The summed E-state index contributed by atoms with van der Waals surface area (Å²) in [6.07, 6.45) is 1.59. The molecule has 3 aromatic rings. The number of amides is 2. The first-order chi connectivity index (χ1) is 11.2. The summed E-state index contributed by atoms with van der Waals surface area (Å²) in [7, 11) is 0. The highest BCUT2D eigenvalue weighted by atomic mass is 16.2. The molecule has 1 aromatic heterocycles. The van der Waals surface area contributed by atoms with E-state index in [1.54, 1.807) is 6.20 Å². The van der Waals surface area contributed by atoms with Crippen LogP contribution in [-0.4, -0.2) is 16.8 Å². The summed E-state index contributed by atoms with van der Waals surface area (Å²) in [4.78, 5) is 27.1. The number of aromatic nitrogens is 1. The summed E-state index contributed by atoms with van der Waals surface area (Å²) in [6.45, 7) is 0. The summed E-state index contributed by atoms with van der Waals surface area (Å²) < 4.78 is 0. The molecule has 0 aliphatic carbocycles. The minimum Gasteiger partial charge on any atom is -0.360 e. The Morgan fingerprint density at radius 1 is 0.957 bits per heavy atom. The van der Waals surface area contributed by atoms with Crippen molar-refractivity contribution in [3.8, 4) is 6.07 Å². The van der Waals surface area contributed by atoms with E-state index >= 15 is 0 Å². The molecule has 6 nitrogen and oxygen atoms in total. The molecule has 6 heteroatoms. The summed E-state index contributed by atoms with van der Waals surface area (Å²) in [5.41, 5.74) is 6.84. The van der Waals surface area contributed by atoms with Crippen molar-refractivity contribution >= 4 is 22.7 Å². The van der Waals surface area contributed by atoms with Crippen LogP contribution in [0.1, 0.15) is 26.3 Å². The van der Waals surface area contributed by atoms with Gasteiger partial charge in [-0.1, -0.05) is 18.2 Å². The minimum absolute atomic E-state index is 0.350. The van der Waals surface area contributed by atoms with Crippen LogP contribution in [0.15, 0.2) is 54.7 Å². The third kappa shape index (κ3) is 2.89. The van der Waals surface area contributed by atoms with Gasteiger partial charge in [-0.25, -0.2) is 0 Å². The van der Waals surface area contributed by atoms with Gasteiger partial charge >= 0.3 is 0 Å². The fourth-order valence-electron chi connectivity index (χ4n) is 2.21. The Morgan fingerprint density at radius 3 is 2.39 bits per heavy atom. The largest absolute Gasteiger partial charge is 0.360 e. The van der Waals surface area contributed by atoms with Crippen LogP contribution in [0, 0.1) is 11.3 Å². The molecule has 0 unspecified atom stereocenters. The number of aromatic amines is 1. The van der Waals surface area contributed by atoms with Gasteiger partial charge in [0.2, 0.25) is 0 Å². The number of hydrogen-bond acceptors (Lipinski definition) is 3. The lowest BCUT2D eigenvalue weighted by Crippen LogP contribution is -2.41. The van der Waals surface area contributed by atoms with E-state index in [4.69, 9.17) is 5.26 Å². The van der Waals surface area contributed by atoms with Crippen molar-refractivity contribution in [2.75, 3.05) is 0 Å². The van der Waals surface area contributed by atoms with Gasteiger partial charge in [0.1, 0.15) is 0 Å². The van der Waals surface area contributed by atoms with E-state index in [0.29, 0.717) is 16.7 Å². The number of rotatable bonds is 2. The molecule has 0 aliphatic rings. The first kappa shape index (κ1) is 14.4. The van der Waals surface area contributed by atoms with Gasteiger partial charge in [0.25, 0.3) is 11.8 Å². The molecule has 112 valence electrons. The molecule has 0 fully saturated rings. The maximum Gasteiger partial charge on any atom is 0.271 e. The topological polar surface area (TPSA) is 97.8 Å². The second kappa shape index (κ2) is 6.03. The maximum atomic E-state index is 12.2. The number of hydrogen-bond donors (Lipinski definition) is 3. The molecule has 2 aromatic carbocycles. The maximum absolute atomic E-state index is 12.2. The average Bonchev–Trinajstić information content (AvgIpc) is 3.03. The highest BCUT2D eigenvalue weighted by molar-refractivity contribution is 6.07. The summed E-state index contributed by atoms with van der Waals surface area (Å²) in [6, 6.07) is 15.5. The third-order valence-corrected chi connectivity index (χ3v) is 3.40. The van der Waals surface area contributed by atoms with E-state index in [0.717, 1.165) is 10.9 Å². The number of carbonyl (C=O) groups is 2. The molecule has 23 heavy (non-hydrogen) atoms. The minimum atomic E-state index is -0.456. The molecule has 0 spiro atoms. The van der Waals surface area contributed by atoms with Crippen LogP contribution in [-0.2, 0) is 0 Å². The molecule has 0 aliphatic heterocycles. The van der Waals surface area contributed by atoms with Gasteiger partial charge in [-0.3, -0.25) is 20.4 Å². The van der Waals surface area contributed by atoms with Crippen molar-refractivity contribution in [2.45, 2.75) is 0 Å². The molecule has 0 saturated heterocycles. The quantitative estimate of drug-likeness (QED) is 0.632. The number of nitrogens with one attached hydrogen (secondary N) is 3. The molecule has 3 N–H and O–H groups in total. The number of benzene rings is 2. The second-order valence-corrected chi connectivity index (χ2v) is 4.85. The van der Waals surface area contributed by atoms with Crippen LogP contribution in [0.2, 0.25) is 0 Å². The Kier molecular flexibility index (Phi) is 3.77. The van der Waals surface area contributed by atoms with Crippen molar-refractivity contribution in [1.82, 2.24) is 15.8 Å². The number of nitriles is 1. The van der Waals surface area contributed by atoms with Crippen LogP contribution >= 0.6 is 0 Å². The smallest absolute Gasteiger partial charge is 0.271 e. The van der Waals surface area contributed by atoms with E-state index in [1.165, 1.54) is 24.3 Å². The van der Waals surface area contributed by atoms with E-state index in [1.807, 2.05) is 30.3 Å². The van der Waals surface area contributed by atoms with Gasteiger partial charge in [0, 0.05) is 22.7 Å². The van der Waals surface area contributed by atoms with Crippen LogP contribution in [0.4, 0.5) is 0 Å². The van der Waals surface area contributed by atoms with Gasteiger partial charge in [-0.05, 0) is 30.3 Å². The van der Waals surface area contributed by atoms with E-state index in [9.17, 15) is 9.59 Å². The fourth-order valence-corrected chi connectivity index (χ4v) is 2.21. The Bertz CT molecular complexity index is 920. The van der Waals surface area contributed by atoms with Crippen molar-refractivity contribution in [3.63, 3.8) is 0 Å². The molecule has 3 rings (SSSR count). The Labute approximate surface area is 131 Å². The fraction of sp³-hybridized carbons (Fsp3) is 0. The summed E-state index contributed by atoms with van der Waals surface area (Å²) >= 11 is 0. The van der Waals surface area contributed by atoms with Gasteiger partial charge in [-0.15, -0.1) is 0 Å². The van der Waals surface area contributed by atoms with Crippen molar-refractivity contribution in [2.24, 2.45) is 0 Å². The normalized spacial score (nSPS) is 10.0. The van der Waals surface area contributed by atoms with Crippen molar-refractivity contribution in [1.29, 1.82) is 5.26 Å². The molecule has 2 amide bonds. The predicted octanol–water partition coefficient (Wildman–Crippen LogP) is 2.11. The van der Waals surface area contributed by atoms with Crippen molar-refractivity contribution < 1.29 is 9.59 Å². The summed E-state index contributed by atoms with van der Waals surface area (Å²) in [5, 5.41) is 9.50. The number of para-hydroxylation sites is 1. The third-order valence-electron chi connectivity index (χ3n) is 3.40. The highest BCUT2D eigenvalue weighted by Gasteiger charge is 2.13. The molecule has 0 saturated carbocycles. The molecular weight excluding hydrogens is 292 g/mol. The Hall–Kier alpha value is -3.59. The number of carbonyl (C=O) groups excluding carboxylic acids is 2. The molecule has 1 heterocycles. The molecule has 0 radical (unpaired) electrons. The number of H-pyrrole nitrogens is 1. The lowest BCUT2D eigenvalue weighted by atomic mass is 10.1. The zero-order valence-corrected chi connectivity index (χ0v) is 12.0. The lowest BCUT2D eigenvalue weighted by Gasteiger charge is -2.07. The monoisotopic (exact) mass is 304 g/mol. The first-order valence-electron chi connectivity index (χ1n) is 6.86. The second-order valence-electron chi connectivity index (χ2n) is 4.85. The molecule has 0 atom stereocenters. The van der Waals surface area contributed by atoms with Gasteiger partial charge in [-0.2, -0.15) is 5.26 Å². The van der Waals surface area contributed by atoms with Crippen LogP contribution in [0.25, 0.3) is 10.9 Å². The SMILES string of the molecule is N#Cc1ccc(C(=O)NNC(=O)c2c[nH]c3ccccc23)cc1. The average molecular weight is 304 g/mol. The zero-order valence-electron chi connectivity index (χ0n) is 12.0. The molecular formula is C17H12N4O2. The van der Waals surface area contributed by atoms with Crippen molar-refractivity contribution in [3.05, 3.63) is 71.4 Å². The van der Waals surface area contributed by atoms with Gasteiger partial charge < -0.3 is 4.98 Å². The number of fused-ring (bicyclic) bond motifs is 1. The summed E-state index contributed by atoms with van der Waals surface area (Å²) in [5.74, 6) is -0.868. The highest BCUT2D eigenvalue weighted by Crippen LogP contribution is 2.17. The van der Waals surface area contributed by atoms with Gasteiger partial charge in [0.15, 0.2) is 0 Å². The Balaban J connectivity index is 1.69. The predicted molar refractivity (Wildman–Crippen MR) is 84.4 cm³/mol. The Morgan fingerprint density at radius 2 is 1.65 bits per heavy atom. The standard InChI is InChI=1S/C17H12N4O2/c18-9-11-5-7-12(8-6-11)16(22)20-21-17(23)14-10-19-15-4-2-1-3-13(14)15/h1-8,10,19H,(H,20,22)(H,21,23). The molecule has 0 bridgehead atoms. The van der Waals surface area contributed by atoms with E-state index in [2.05, 4.69) is 15.8 Å². The lowest BCUT2D eigenvalue weighted by molar-refractivity contribution is 0.0847. The first-order valence-corrected chi connectivity index (χ1v) is 6.86. The van der Waals surface area contributed by atoms with Crippen LogP contribution < -0.4 is 10.9 Å². The van der Waals surface area contributed by atoms with E-state index < -0.39 is 11.8 Å². The van der Waals surface area contributed by atoms with E-state index in [-0.39, 0.29) is 0 Å². The van der Waals surface area contributed by atoms with Crippen LogP contribution in [0.5, 0.6) is 0 Å². The van der Waals surface area contributed by atoms with Crippen LogP contribution in [0.3, 0.4) is 0 Å². The number of hydrazine groups is 1. The number of nitrogens with zero attached hydrogens (tertiary/aromatic N) is 1. The zero-order chi connectivity index (χ0) is 16.2.